The molecule has 1 fully saturated rings. The molecule has 0 bridgehead atoms. The minimum absolute atomic E-state index is 0.297. The Hall–Kier alpha value is -2.36. The van der Waals surface area contributed by atoms with Crippen molar-refractivity contribution >= 4 is 47.7 Å². The molecule has 0 aliphatic carbocycles. The summed E-state index contributed by atoms with van der Waals surface area (Å²) in [5, 5.41) is 3.93. The molecule has 1 aliphatic heterocycles. The second kappa shape index (κ2) is 12.3. The molecule has 1 saturated heterocycles. The Bertz CT molecular complexity index is 1200. The smallest absolute Gasteiger partial charge is 0.341 e. The van der Waals surface area contributed by atoms with Gasteiger partial charge in [0.15, 0.2) is 5.82 Å². The first-order valence-electron chi connectivity index (χ1n) is 12.2. The fourth-order valence-corrected chi connectivity index (χ4v) is 6.34. The van der Waals surface area contributed by atoms with E-state index < -0.39 is 7.60 Å². The summed E-state index contributed by atoms with van der Waals surface area (Å²) < 4.78 is 23.7. The maximum absolute atomic E-state index is 12.8. The summed E-state index contributed by atoms with van der Waals surface area (Å²) >= 11 is 6.12. The van der Waals surface area contributed by atoms with Crippen LogP contribution in [0.25, 0.3) is 11.0 Å². The molecule has 1 aliphatic rings. The predicted octanol–water partition coefficient (Wildman–Crippen LogP) is 5.19. The Balaban J connectivity index is 1.39. The molecule has 0 saturated carbocycles. The maximum Gasteiger partial charge on any atom is 0.344 e. The molecule has 1 aromatic carbocycles. The van der Waals surface area contributed by atoms with E-state index in [1.165, 1.54) is 6.33 Å². The second-order valence-electron chi connectivity index (χ2n) is 8.82. The molecular weight excluding hydrogens is 501 g/mol. The van der Waals surface area contributed by atoms with Crippen LogP contribution in [0.5, 0.6) is 0 Å². The highest BCUT2D eigenvalue weighted by atomic mass is 35.5. The zero-order valence-corrected chi connectivity index (χ0v) is 22.6. The van der Waals surface area contributed by atoms with Crippen molar-refractivity contribution in [3.05, 3.63) is 41.8 Å². The van der Waals surface area contributed by atoms with Gasteiger partial charge in [0, 0.05) is 30.3 Å². The SMILES string of the molecule is CCOP(=O)(CN(C)CC1CCN(c2ncc3ncnc(Nc4cccc(Cl)c4)c3n2)CC1)OCC. The van der Waals surface area contributed by atoms with Gasteiger partial charge in [0.1, 0.15) is 23.6 Å². The van der Waals surface area contributed by atoms with Crippen LogP contribution in [0.3, 0.4) is 0 Å². The molecule has 0 atom stereocenters. The number of nitrogens with one attached hydrogen (secondary N) is 1. The predicted molar refractivity (Wildman–Crippen MR) is 143 cm³/mol. The van der Waals surface area contributed by atoms with E-state index in [2.05, 4.69) is 30.1 Å². The maximum atomic E-state index is 12.8. The van der Waals surface area contributed by atoms with Gasteiger partial charge in [-0.3, -0.25) is 9.46 Å². The fraction of sp³-hybridized carbons (Fsp3) is 0.500. The molecule has 0 unspecified atom stereocenters. The van der Waals surface area contributed by atoms with Crippen LogP contribution in [0.2, 0.25) is 5.02 Å². The van der Waals surface area contributed by atoms with Crippen LogP contribution in [-0.2, 0) is 13.6 Å². The Morgan fingerprint density at radius 3 is 2.61 bits per heavy atom. The summed E-state index contributed by atoms with van der Waals surface area (Å²) in [6.45, 7) is 6.91. The Morgan fingerprint density at radius 2 is 1.92 bits per heavy atom. The third-order valence-electron chi connectivity index (χ3n) is 5.99. The van der Waals surface area contributed by atoms with Gasteiger partial charge in [-0.15, -0.1) is 0 Å². The van der Waals surface area contributed by atoms with Crippen LogP contribution in [-0.4, -0.2) is 71.0 Å². The van der Waals surface area contributed by atoms with Crippen LogP contribution in [0.1, 0.15) is 26.7 Å². The van der Waals surface area contributed by atoms with Gasteiger partial charge in [-0.2, -0.15) is 0 Å². The van der Waals surface area contributed by atoms with Gasteiger partial charge >= 0.3 is 7.60 Å². The number of nitrogens with zero attached hydrogens (tertiary/aromatic N) is 6. The highest BCUT2D eigenvalue weighted by Crippen LogP contribution is 2.48. The molecule has 0 spiro atoms. The van der Waals surface area contributed by atoms with E-state index in [1.54, 1.807) is 6.20 Å². The van der Waals surface area contributed by atoms with Crippen molar-refractivity contribution < 1.29 is 13.6 Å². The minimum atomic E-state index is -3.09. The lowest BCUT2D eigenvalue weighted by atomic mass is 9.97. The molecule has 36 heavy (non-hydrogen) atoms. The number of halogens is 1. The molecule has 3 aromatic rings. The van der Waals surface area contributed by atoms with Crippen LogP contribution >= 0.6 is 19.2 Å². The minimum Gasteiger partial charge on any atom is -0.341 e. The van der Waals surface area contributed by atoms with Gasteiger partial charge < -0.3 is 19.3 Å². The topological polar surface area (TPSA) is 106 Å². The molecular formula is C24H33ClN7O3P. The van der Waals surface area contributed by atoms with E-state index in [1.807, 2.05) is 45.2 Å². The lowest BCUT2D eigenvalue weighted by molar-refractivity contribution is 0.194. The number of fused-ring (bicyclic) bond motifs is 1. The average Bonchev–Trinajstić information content (AvgIpc) is 2.84. The molecule has 0 radical (unpaired) electrons. The number of piperidine rings is 1. The van der Waals surface area contributed by atoms with Crippen LogP contribution < -0.4 is 10.2 Å². The van der Waals surface area contributed by atoms with Crippen molar-refractivity contribution in [1.29, 1.82) is 0 Å². The first kappa shape index (κ1) is 26.7. The van der Waals surface area contributed by atoms with Crippen LogP contribution in [0.4, 0.5) is 17.5 Å². The summed E-state index contributed by atoms with van der Waals surface area (Å²) in [5.74, 6) is 1.75. The van der Waals surface area contributed by atoms with Crippen molar-refractivity contribution in [2.45, 2.75) is 26.7 Å². The Labute approximate surface area is 216 Å². The van der Waals surface area contributed by atoms with E-state index in [0.717, 1.165) is 38.2 Å². The number of anilines is 3. The quantitative estimate of drug-likeness (QED) is 0.331. The lowest BCUT2D eigenvalue weighted by Crippen LogP contribution is -2.39. The van der Waals surface area contributed by atoms with Gasteiger partial charge in [-0.05, 0) is 57.9 Å². The molecule has 1 N–H and O–H groups in total. The molecule has 12 heteroatoms. The average molecular weight is 534 g/mol. The van der Waals surface area contributed by atoms with E-state index in [4.69, 9.17) is 25.6 Å². The van der Waals surface area contributed by atoms with E-state index in [9.17, 15) is 4.57 Å². The fourth-order valence-electron chi connectivity index (χ4n) is 4.41. The van der Waals surface area contributed by atoms with Crippen molar-refractivity contribution in [2.75, 3.05) is 56.4 Å². The number of rotatable bonds is 11. The highest BCUT2D eigenvalue weighted by molar-refractivity contribution is 7.53. The lowest BCUT2D eigenvalue weighted by Gasteiger charge is -2.34. The molecule has 4 rings (SSSR count). The van der Waals surface area contributed by atoms with Gasteiger partial charge in [-0.1, -0.05) is 17.7 Å². The van der Waals surface area contributed by atoms with E-state index in [0.29, 0.717) is 53.2 Å². The molecule has 194 valence electrons. The zero-order chi connectivity index (χ0) is 25.5. The summed E-state index contributed by atoms with van der Waals surface area (Å²) in [7, 11) is -1.12. The summed E-state index contributed by atoms with van der Waals surface area (Å²) in [5.41, 5.74) is 2.15. The normalized spacial score (nSPS) is 15.1. The summed E-state index contributed by atoms with van der Waals surface area (Å²) in [6.07, 6.45) is 5.50. The van der Waals surface area contributed by atoms with Crippen molar-refractivity contribution in [2.24, 2.45) is 5.92 Å². The highest BCUT2D eigenvalue weighted by Gasteiger charge is 2.28. The third-order valence-corrected chi connectivity index (χ3v) is 8.35. The summed E-state index contributed by atoms with van der Waals surface area (Å²) in [4.78, 5) is 22.3. The number of aromatic nitrogens is 4. The van der Waals surface area contributed by atoms with Gasteiger partial charge in [0.25, 0.3) is 0 Å². The molecule has 10 nitrogen and oxygen atoms in total. The molecule has 3 heterocycles. The van der Waals surface area contributed by atoms with Crippen LogP contribution in [0.15, 0.2) is 36.8 Å². The Morgan fingerprint density at radius 1 is 1.17 bits per heavy atom. The zero-order valence-electron chi connectivity index (χ0n) is 20.9. The van der Waals surface area contributed by atoms with Crippen molar-refractivity contribution in [1.82, 2.24) is 24.8 Å². The first-order valence-corrected chi connectivity index (χ1v) is 14.3. The number of benzene rings is 1. The summed E-state index contributed by atoms with van der Waals surface area (Å²) in [6, 6.07) is 7.46. The first-order chi connectivity index (χ1) is 17.4. The van der Waals surface area contributed by atoms with E-state index in [-0.39, 0.29) is 0 Å². The largest absolute Gasteiger partial charge is 0.344 e. The van der Waals surface area contributed by atoms with Gasteiger partial charge in [0.05, 0.1) is 19.4 Å². The van der Waals surface area contributed by atoms with Crippen molar-refractivity contribution in [3.8, 4) is 0 Å². The second-order valence-corrected chi connectivity index (χ2v) is 11.3. The van der Waals surface area contributed by atoms with Gasteiger partial charge in [0.2, 0.25) is 5.95 Å². The standard InChI is InChI=1S/C24H33ClN7O3P/c1-4-34-36(33,35-5-2)17-31(3)15-18-9-11-32(12-10-18)24-26-14-21-22(30-24)23(28-16-27-21)29-20-8-6-7-19(25)13-20/h6-8,13-14,16,18H,4-5,9-12,15,17H2,1-3H3,(H,27,28,29). The van der Waals surface area contributed by atoms with Crippen molar-refractivity contribution in [3.63, 3.8) is 0 Å². The van der Waals surface area contributed by atoms with Gasteiger partial charge in [-0.25, -0.2) is 19.9 Å². The monoisotopic (exact) mass is 533 g/mol. The number of hydrogen-bond donors (Lipinski definition) is 1. The van der Waals surface area contributed by atoms with E-state index >= 15 is 0 Å². The van der Waals surface area contributed by atoms with Crippen LogP contribution in [0, 0.1) is 5.92 Å². The molecule has 0 amide bonds. The Kier molecular flexibility index (Phi) is 9.09. The molecule has 2 aromatic heterocycles. The third kappa shape index (κ3) is 6.89. The number of hydrogen-bond acceptors (Lipinski definition) is 10.